The number of carbonyl (C=O) groups is 1. The Morgan fingerprint density at radius 2 is 2.12 bits per heavy atom. The van der Waals surface area contributed by atoms with Crippen LogP contribution in [-0.4, -0.2) is 38.3 Å². The molecule has 0 aromatic heterocycles. The molecule has 0 aromatic rings. The summed E-state index contributed by atoms with van der Waals surface area (Å²) in [7, 11) is 0. The first kappa shape index (κ1) is 14.5. The highest BCUT2D eigenvalue weighted by Crippen LogP contribution is 2.12. The van der Waals surface area contributed by atoms with Gasteiger partial charge in [-0.25, -0.2) is 0 Å². The third-order valence-corrected chi connectivity index (χ3v) is 3.19. The number of ether oxygens (including phenoxy) is 1. The van der Waals surface area contributed by atoms with E-state index in [1.807, 2.05) is 0 Å². The highest BCUT2D eigenvalue weighted by atomic mass is 16.5. The van der Waals surface area contributed by atoms with Gasteiger partial charge in [0.15, 0.2) is 0 Å². The largest absolute Gasteiger partial charge is 0.381 e. The van der Waals surface area contributed by atoms with Gasteiger partial charge in [-0.05, 0) is 38.6 Å². The Morgan fingerprint density at radius 1 is 1.41 bits per heavy atom. The summed E-state index contributed by atoms with van der Waals surface area (Å²) < 4.78 is 5.30. The van der Waals surface area contributed by atoms with Crippen LogP contribution in [0.5, 0.6) is 0 Å². The molecule has 1 fully saturated rings. The van der Waals surface area contributed by atoms with E-state index in [1.165, 1.54) is 0 Å². The van der Waals surface area contributed by atoms with Crippen molar-refractivity contribution in [3.63, 3.8) is 0 Å². The zero-order valence-corrected chi connectivity index (χ0v) is 11.1. The van der Waals surface area contributed by atoms with Crippen molar-refractivity contribution in [3.05, 3.63) is 0 Å². The van der Waals surface area contributed by atoms with Crippen LogP contribution in [0.3, 0.4) is 0 Å². The van der Waals surface area contributed by atoms with Crippen molar-refractivity contribution in [1.29, 1.82) is 0 Å². The molecule has 4 nitrogen and oxygen atoms in total. The van der Waals surface area contributed by atoms with E-state index in [9.17, 15) is 4.79 Å². The third-order valence-electron chi connectivity index (χ3n) is 3.19. The van der Waals surface area contributed by atoms with Gasteiger partial charge >= 0.3 is 0 Å². The molecule has 0 aromatic carbocycles. The molecule has 2 N–H and O–H groups in total. The van der Waals surface area contributed by atoms with Gasteiger partial charge in [-0.1, -0.05) is 13.3 Å². The first-order valence-electron chi connectivity index (χ1n) is 6.80. The van der Waals surface area contributed by atoms with Crippen LogP contribution in [0.15, 0.2) is 0 Å². The summed E-state index contributed by atoms with van der Waals surface area (Å²) in [6.07, 6.45) is 4.38. The lowest BCUT2D eigenvalue weighted by molar-refractivity contribution is -0.120. The molecule has 100 valence electrons. The summed E-state index contributed by atoms with van der Waals surface area (Å²) in [5.41, 5.74) is 0. The Morgan fingerprint density at radius 3 is 2.76 bits per heavy atom. The maximum Gasteiger partial charge on any atom is 0.234 e. The highest BCUT2D eigenvalue weighted by molar-refractivity contribution is 5.78. The van der Waals surface area contributed by atoms with Crippen molar-refractivity contribution in [2.45, 2.75) is 45.6 Å². The van der Waals surface area contributed by atoms with E-state index >= 15 is 0 Å². The number of rotatable bonds is 7. The summed E-state index contributed by atoms with van der Waals surface area (Å²) >= 11 is 0. The molecular weight excluding hydrogens is 216 g/mol. The van der Waals surface area contributed by atoms with Crippen LogP contribution in [0.1, 0.15) is 39.5 Å². The van der Waals surface area contributed by atoms with Gasteiger partial charge in [0.05, 0.1) is 6.54 Å². The van der Waals surface area contributed by atoms with Crippen LogP contribution in [0.2, 0.25) is 0 Å². The summed E-state index contributed by atoms with van der Waals surface area (Å²) in [5, 5.41) is 6.23. The van der Waals surface area contributed by atoms with Crippen LogP contribution < -0.4 is 10.6 Å². The van der Waals surface area contributed by atoms with Crippen molar-refractivity contribution in [2.75, 3.05) is 26.3 Å². The molecule has 0 saturated carbocycles. The van der Waals surface area contributed by atoms with Gasteiger partial charge in [-0.3, -0.25) is 4.79 Å². The standard InChI is InChI=1S/C13H26N2O2/c1-3-4-11(2)15-13(16)10-14-9-12-5-7-17-8-6-12/h11-12,14H,3-10H2,1-2H3,(H,15,16). The quantitative estimate of drug-likeness (QED) is 0.707. The normalized spacial score (nSPS) is 18.9. The minimum Gasteiger partial charge on any atom is -0.381 e. The number of nitrogens with one attached hydrogen (secondary N) is 2. The molecule has 1 saturated heterocycles. The summed E-state index contributed by atoms with van der Waals surface area (Å²) in [6.45, 7) is 7.29. The maximum absolute atomic E-state index is 11.6. The second-order valence-corrected chi connectivity index (χ2v) is 4.94. The van der Waals surface area contributed by atoms with E-state index in [0.29, 0.717) is 12.5 Å². The second-order valence-electron chi connectivity index (χ2n) is 4.94. The summed E-state index contributed by atoms with van der Waals surface area (Å²) in [6, 6.07) is 0.289. The zero-order chi connectivity index (χ0) is 12.5. The van der Waals surface area contributed by atoms with E-state index < -0.39 is 0 Å². The Balaban J connectivity index is 2.03. The van der Waals surface area contributed by atoms with Gasteiger partial charge in [-0.15, -0.1) is 0 Å². The van der Waals surface area contributed by atoms with E-state index in [1.54, 1.807) is 0 Å². The predicted molar refractivity (Wildman–Crippen MR) is 68.9 cm³/mol. The molecule has 1 aliphatic rings. The van der Waals surface area contributed by atoms with Crippen LogP contribution in [0, 0.1) is 5.92 Å². The van der Waals surface area contributed by atoms with Gasteiger partial charge in [0.25, 0.3) is 0 Å². The van der Waals surface area contributed by atoms with Crippen molar-refractivity contribution in [1.82, 2.24) is 10.6 Å². The Kier molecular flexibility index (Phi) is 7.21. The number of carbonyl (C=O) groups excluding carboxylic acids is 1. The SMILES string of the molecule is CCCC(C)NC(=O)CNCC1CCOCC1. The average Bonchev–Trinajstić information content (AvgIpc) is 2.30. The molecule has 17 heavy (non-hydrogen) atoms. The molecule has 1 heterocycles. The Bertz CT molecular complexity index is 215. The van der Waals surface area contributed by atoms with Gasteiger partial charge in [0, 0.05) is 19.3 Å². The van der Waals surface area contributed by atoms with Gasteiger partial charge < -0.3 is 15.4 Å². The molecule has 1 atom stereocenters. The smallest absolute Gasteiger partial charge is 0.234 e. The molecule has 0 radical (unpaired) electrons. The highest BCUT2D eigenvalue weighted by Gasteiger charge is 2.13. The van der Waals surface area contributed by atoms with Gasteiger partial charge in [0.2, 0.25) is 5.91 Å². The first-order chi connectivity index (χ1) is 8.22. The molecule has 1 rings (SSSR count). The zero-order valence-electron chi connectivity index (χ0n) is 11.1. The van der Waals surface area contributed by atoms with E-state index in [0.717, 1.165) is 45.4 Å². The average molecular weight is 242 g/mol. The molecule has 1 aliphatic heterocycles. The first-order valence-corrected chi connectivity index (χ1v) is 6.80. The minimum atomic E-state index is 0.109. The van der Waals surface area contributed by atoms with E-state index in [-0.39, 0.29) is 11.9 Å². The molecule has 0 aliphatic carbocycles. The van der Waals surface area contributed by atoms with E-state index in [4.69, 9.17) is 4.74 Å². The monoisotopic (exact) mass is 242 g/mol. The summed E-state index contributed by atoms with van der Waals surface area (Å²) in [5.74, 6) is 0.780. The molecule has 1 amide bonds. The van der Waals surface area contributed by atoms with Crippen molar-refractivity contribution < 1.29 is 9.53 Å². The molecular formula is C13H26N2O2. The number of hydrogen-bond donors (Lipinski definition) is 2. The van der Waals surface area contributed by atoms with Crippen LogP contribution in [0.25, 0.3) is 0 Å². The molecule has 0 bridgehead atoms. The Hall–Kier alpha value is -0.610. The lowest BCUT2D eigenvalue weighted by atomic mass is 10.0. The molecule has 0 spiro atoms. The fourth-order valence-corrected chi connectivity index (χ4v) is 2.17. The fourth-order valence-electron chi connectivity index (χ4n) is 2.17. The van der Waals surface area contributed by atoms with Crippen molar-refractivity contribution >= 4 is 5.91 Å². The topological polar surface area (TPSA) is 50.4 Å². The summed E-state index contributed by atoms with van der Waals surface area (Å²) in [4.78, 5) is 11.6. The van der Waals surface area contributed by atoms with Crippen LogP contribution >= 0.6 is 0 Å². The Labute approximate surface area is 104 Å². The van der Waals surface area contributed by atoms with Crippen LogP contribution in [-0.2, 0) is 9.53 Å². The maximum atomic E-state index is 11.6. The van der Waals surface area contributed by atoms with Gasteiger partial charge in [-0.2, -0.15) is 0 Å². The second kappa shape index (κ2) is 8.48. The minimum absolute atomic E-state index is 0.109. The van der Waals surface area contributed by atoms with Gasteiger partial charge in [0.1, 0.15) is 0 Å². The number of amides is 1. The lowest BCUT2D eigenvalue weighted by Gasteiger charge is -2.22. The predicted octanol–water partition coefficient (Wildman–Crippen LogP) is 1.31. The van der Waals surface area contributed by atoms with Crippen molar-refractivity contribution in [3.8, 4) is 0 Å². The van der Waals surface area contributed by atoms with Crippen molar-refractivity contribution in [2.24, 2.45) is 5.92 Å². The molecule has 4 heteroatoms. The number of hydrogen-bond acceptors (Lipinski definition) is 3. The third kappa shape index (κ3) is 6.64. The fraction of sp³-hybridized carbons (Fsp3) is 0.923. The van der Waals surface area contributed by atoms with E-state index in [2.05, 4.69) is 24.5 Å². The molecule has 1 unspecified atom stereocenters. The lowest BCUT2D eigenvalue weighted by Crippen LogP contribution is -2.40. The van der Waals surface area contributed by atoms with Crippen LogP contribution in [0.4, 0.5) is 0 Å².